The average Bonchev–Trinajstić information content (AvgIpc) is 3.25. The van der Waals surface area contributed by atoms with Gasteiger partial charge < -0.3 is 10.6 Å². The molecule has 3 heterocycles. The third kappa shape index (κ3) is 2.96. The molecule has 0 radical (unpaired) electrons. The van der Waals surface area contributed by atoms with E-state index in [2.05, 4.69) is 20.9 Å². The summed E-state index contributed by atoms with van der Waals surface area (Å²) in [5.41, 5.74) is 6.44. The summed E-state index contributed by atoms with van der Waals surface area (Å²) < 4.78 is 18.7. The van der Waals surface area contributed by atoms with E-state index >= 15 is 0 Å². The van der Waals surface area contributed by atoms with Crippen LogP contribution in [0.5, 0.6) is 0 Å². The highest BCUT2D eigenvalue weighted by molar-refractivity contribution is 9.10. The summed E-state index contributed by atoms with van der Waals surface area (Å²) in [6.45, 7) is 1.52. The zero-order valence-corrected chi connectivity index (χ0v) is 17.1. The van der Waals surface area contributed by atoms with Gasteiger partial charge in [0.2, 0.25) is 5.95 Å². The lowest BCUT2D eigenvalue weighted by molar-refractivity contribution is 0.623. The van der Waals surface area contributed by atoms with E-state index in [0.29, 0.717) is 35.8 Å². The number of benzene rings is 1. The van der Waals surface area contributed by atoms with Crippen molar-refractivity contribution in [1.29, 1.82) is 0 Å². The van der Waals surface area contributed by atoms with E-state index in [0.717, 1.165) is 15.5 Å². The second kappa shape index (κ2) is 6.85. The number of fused-ring (bicyclic) bond motifs is 1. The Balaban J connectivity index is 2.00. The molecule has 1 atom stereocenters. The molecule has 3 aromatic rings. The van der Waals surface area contributed by atoms with Crippen LogP contribution in [0, 0.1) is 5.82 Å². The normalized spacial score (nSPS) is 17.0. The largest absolute Gasteiger partial charge is 0.341 e. The third-order valence-electron chi connectivity index (χ3n) is 5.17. The first-order chi connectivity index (χ1) is 13.3. The number of aromatic nitrogens is 4. The van der Waals surface area contributed by atoms with Crippen molar-refractivity contribution in [3.63, 3.8) is 0 Å². The average molecular weight is 451 g/mol. The molecule has 10 heteroatoms. The minimum absolute atomic E-state index is 0.0146. The van der Waals surface area contributed by atoms with Crippen LogP contribution < -0.4 is 21.9 Å². The van der Waals surface area contributed by atoms with Gasteiger partial charge in [-0.05, 0) is 30.2 Å². The van der Waals surface area contributed by atoms with Crippen LogP contribution in [0.3, 0.4) is 0 Å². The fourth-order valence-corrected chi connectivity index (χ4v) is 4.00. The second-order valence-electron chi connectivity index (χ2n) is 7.11. The smallest absolute Gasteiger partial charge is 0.332 e. The van der Waals surface area contributed by atoms with Crippen LogP contribution in [-0.4, -0.2) is 37.8 Å². The molecular weight excluding hydrogens is 431 g/mol. The van der Waals surface area contributed by atoms with Gasteiger partial charge in [-0.25, -0.2) is 9.18 Å². The third-order valence-corrected chi connectivity index (χ3v) is 5.95. The molecule has 8 nitrogen and oxygen atoms in total. The minimum atomic E-state index is -0.446. The van der Waals surface area contributed by atoms with Crippen molar-refractivity contribution in [2.75, 3.05) is 18.0 Å². The van der Waals surface area contributed by atoms with Gasteiger partial charge in [-0.2, -0.15) is 4.98 Å². The lowest BCUT2D eigenvalue weighted by Crippen LogP contribution is -2.37. The summed E-state index contributed by atoms with van der Waals surface area (Å²) in [4.78, 5) is 31.9. The summed E-state index contributed by atoms with van der Waals surface area (Å²) >= 11 is 3.44. The second-order valence-corrected chi connectivity index (χ2v) is 7.96. The molecule has 0 spiro atoms. The fourth-order valence-electron chi connectivity index (χ4n) is 3.63. The summed E-state index contributed by atoms with van der Waals surface area (Å²) in [6.07, 6.45) is 0.809. The lowest BCUT2D eigenvalue weighted by atomic mass is 10.2. The number of hydrogen-bond acceptors (Lipinski definition) is 5. The van der Waals surface area contributed by atoms with Gasteiger partial charge in [0.25, 0.3) is 5.56 Å². The summed E-state index contributed by atoms with van der Waals surface area (Å²) in [5, 5.41) is 0. The maximum atomic E-state index is 13.8. The summed E-state index contributed by atoms with van der Waals surface area (Å²) in [6, 6.07) is 4.43. The minimum Gasteiger partial charge on any atom is -0.341 e. The van der Waals surface area contributed by atoms with Gasteiger partial charge in [0.15, 0.2) is 11.2 Å². The zero-order valence-electron chi connectivity index (χ0n) is 15.5. The van der Waals surface area contributed by atoms with Gasteiger partial charge in [-0.1, -0.05) is 15.9 Å². The first kappa shape index (κ1) is 18.9. The van der Waals surface area contributed by atoms with Gasteiger partial charge in [0, 0.05) is 37.7 Å². The van der Waals surface area contributed by atoms with Crippen molar-refractivity contribution in [2.24, 2.45) is 19.8 Å². The summed E-state index contributed by atoms with van der Waals surface area (Å²) in [5.74, 6) is 0.185. The van der Waals surface area contributed by atoms with Crippen molar-refractivity contribution in [3.8, 4) is 0 Å². The van der Waals surface area contributed by atoms with E-state index in [1.807, 2.05) is 4.90 Å². The monoisotopic (exact) mass is 450 g/mol. The number of rotatable bonds is 3. The van der Waals surface area contributed by atoms with Crippen LogP contribution in [0.2, 0.25) is 0 Å². The Hall–Kier alpha value is -2.46. The molecule has 2 aromatic heterocycles. The maximum absolute atomic E-state index is 13.8. The van der Waals surface area contributed by atoms with E-state index in [9.17, 15) is 14.0 Å². The Morgan fingerprint density at radius 3 is 2.71 bits per heavy atom. The van der Waals surface area contributed by atoms with Crippen LogP contribution in [0.15, 0.2) is 32.3 Å². The van der Waals surface area contributed by atoms with Crippen LogP contribution >= 0.6 is 15.9 Å². The molecule has 28 heavy (non-hydrogen) atoms. The highest BCUT2D eigenvalue weighted by Gasteiger charge is 2.27. The van der Waals surface area contributed by atoms with E-state index in [1.165, 1.54) is 23.7 Å². The van der Waals surface area contributed by atoms with Crippen LogP contribution in [0.4, 0.5) is 10.3 Å². The number of imidazole rings is 1. The lowest BCUT2D eigenvalue weighted by Gasteiger charge is -2.19. The molecule has 1 aliphatic rings. The molecule has 1 fully saturated rings. The predicted molar refractivity (Wildman–Crippen MR) is 108 cm³/mol. The van der Waals surface area contributed by atoms with Gasteiger partial charge in [-0.3, -0.25) is 18.5 Å². The van der Waals surface area contributed by atoms with Crippen molar-refractivity contribution < 1.29 is 4.39 Å². The first-order valence-electron chi connectivity index (χ1n) is 8.88. The number of nitrogens with zero attached hydrogens (tertiary/aromatic N) is 5. The molecule has 1 aliphatic heterocycles. The molecule has 1 unspecified atom stereocenters. The van der Waals surface area contributed by atoms with E-state index in [4.69, 9.17) is 5.73 Å². The number of nitrogens with two attached hydrogens (primary N) is 1. The zero-order chi connectivity index (χ0) is 20.2. The number of anilines is 1. The Kier molecular flexibility index (Phi) is 4.62. The number of aryl methyl sites for hydroxylation is 1. The van der Waals surface area contributed by atoms with Gasteiger partial charge in [0.05, 0.1) is 6.54 Å². The van der Waals surface area contributed by atoms with Crippen molar-refractivity contribution >= 4 is 33.0 Å². The molecule has 0 amide bonds. The molecule has 1 saturated heterocycles. The molecule has 4 rings (SSSR count). The van der Waals surface area contributed by atoms with Gasteiger partial charge in [0.1, 0.15) is 5.82 Å². The van der Waals surface area contributed by atoms with E-state index < -0.39 is 11.2 Å². The molecule has 0 saturated carbocycles. The Labute approximate surface area is 168 Å². The Morgan fingerprint density at radius 1 is 1.29 bits per heavy atom. The van der Waals surface area contributed by atoms with E-state index in [1.54, 1.807) is 17.7 Å². The van der Waals surface area contributed by atoms with Crippen molar-refractivity contribution in [1.82, 2.24) is 18.7 Å². The highest BCUT2D eigenvalue weighted by atomic mass is 79.9. The van der Waals surface area contributed by atoms with Crippen molar-refractivity contribution in [2.45, 2.75) is 19.0 Å². The maximum Gasteiger partial charge on any atom is 0.332 e. The molecule has 0 bridgehead atoms. The highest BCUT2D eigenvalue weighted by Crippen LogP contribution is 2.26. The molecule has 0 aliphatic carbocycles. The molecular formula is C18H20BrFN6O2. The molecule has 148 valence electrons. The van der Waals surface area contributed by atoms with Crippen LogP contribution in [-0.2, 0) is 20.6 Å². The first-order valence-corrected chi connectivity index (χ1v) is 9.68. The summed E-state index contributed by atoms with van der Waals surface area (Å²) in [7, 11) is 3.02. The SMILES string of the molecule is Cn1c(=O)c2c(nc(N3CCC(N)C3)n2Cc2cc(F)ccc2Br)n(C)c1=O. The quantitative estimate of drug-likeness (QED) is 0.640. The standard InChI is InChI=1S/C18H20BrFN6O2/c1-23-15-14(16(27)24(2)18(23)28)26(8-10-7-11(20)3-4-13(10)19)17(22-15)25-6-5-12(21)9-25/h3-4,7,12H,5-6,8-9,21H2,1-2H3. The Morgan fingerprint density at radius 2 is 2.04 bits per heavy atom. The molecule has 2 N–H and O–H groups in total. The number of hydrogen-bond donors (Lipinski definition) is 1. The van der Waals surface area contributed by atoms with Crippen LogP contribution in [0.1, 0.15) is 12.0 Å². The molecule has 1 aromatic carbocycles. The Bertz CT molecular complexity index is 1200. The van der Waals surface area contributed by atoms with Gasteiger partial charge in [-0.15, -0.1) is 0 Å². The topological polar surface area (TPSA) is 91.1 Å². The fraction of sp³-hybridized carbons (Fsp3) is 0.389. The van der Waals surface area contributed by atoms with Crippen molar-refractivity contribution in [3.05, 3.63) is 54.9 Å². The van der Waals surface area contributed by atoms with Gasteiger partial charge >= 0.3 is 5.69 Å². The predicted octanol–water partition coefficient (Wildman–Crippen LogP) is 0.921. The number of halogens is 2. The van der Waals surface area contributed by atoms with E-state index in [-0.39, 0.29) is 18.4 Å². The van der Waals surface area contributed by atoms with Crippen LogP contribution in [0.25, 0.3) is 11.2 Å².